The summed E-state index contributed by atoms with van der Waals surface area (Å²) in [4.78, 5) is 43.9. The zero-order chi connectivity index (χ0) is 25.0. The molecule has 0 aromatic heterocycles. The zero-order valence-corrected chi connectivity index (χ0v) is 21.2. The number of amides is 4. The number of ether oxygens (including phenoxy) is 1. The monoisotopic (exact) mass is 496 g/mol. The molecule has 0 aliphatic carbocycles. The van der Waals surface area contributed by atoms with Crippen LogP contribution in [0.2, 0.25) is 0 Å². The summed E-state index contributed by atoms with van der Waals surface area (Å²) in [6, 6.07) is 13.3. The van der Waals surface area contributed by atoms with Crippen LogP contribution in [0.15, 0.2) is 53.4 Å². The molecule has 4 rings (SSSR count). The highest BCUT2D eigenvalue weighted by molar-refractivity contribution is 7.99. The van der Waals surface area contributed by atoms with Gasteiger partial charge in [0.25, 0.3) is 5.91 Å². The molecule has 1 atom stereocenters. The van der Waals surface area contributed by atoms with E-state index in [1.807, 2.05) is 29.2 Å². The number of thioether (sulfide) groups is 1. The van der Waals surface area contributed by atoms with Crippen molar-refractivity contribution >= 4 is 41.0 Å². The van der Waals surface area contributed by atoms with Crippen molar-refractivity contribution in [1.29, 1.82) is 0 Å². The number of methoxy groups -OCH3 is 1. The molecule has 1 saturated heterocycles. The molecular formula is C26H32N4O4S. The van der Waals surface area contributed by atoms with Crippen molar-refractivity contribution in [2.24, 2.45) is 5.41 Å². The Morgan fingerprint density at radius 3 is 2.74 bits per heavy atom. The smallest absolute Gasteiger partial charge is 0.319 e. The minimum atomic E-state index is -0.788. The minimum Gasteiger partial charge on any atom is -0.497 e. The molecule has 8 nitrogen and oxygen atoms in total. The first-order valence-electron chi connectivity index (χ1n) is 11.8. The molecule has 2 aliphatic rings. The van der Waals surface area contributed by atoms with Crippen LogP contribution in [0.5, 0.6) is 5.75 Å². The molecule has 2 N–H and O–H groups in total. The molecule has 0 radical (unpaired) electrons. The van der Waals surface area contributed by atoms with Crippen LogP contribution in [0, 0.1) is 5.41 Å². The van der Waals surface area contributed by atoms with Crippen LogP contribution >= 0.6 is 11.8 Å². The maximum absolute atomic E-state index is 13.6. The number of likely N-dealkylation sites (tertiary alicyclic amines) is 1. The molecule has 2 heterocycles. The first-order valence-corrected chi connectivity index (χ1v) is 12.8. The van der Waals surface area contributed by atoms with Gasteiger partial charge in [-0.3, -0.25) is 9.59 Å². The zero-order valence-electron chi connectivity index (χ0n) is 20.4. The largest absolute Gasteiger partial charge is 0.497 e. The molecule has 4 amide bonds. The second kappa shape index (κ2) is 10.6. The van der Waals surface area contributed by atoms with E-state index in [9.17, 15) is 14.4 Å². The van der Waals surface area contributed by atoms with E-state index in [0.29, 0.717) is 36.0 Å². The number of benzene rings is 2. The number of nitrogens with zero attached hydrogens (tertiary/aromatic N) is 2. The lowest BCUT2D eigenvalue weighted by Crippen LogP contribution is -2.54. The van der Waals surface area contributed by atoms with Crippen molar-refractivity contribution in [2.45, 2.75) is 37.6 Å². The van der Waals surface area contributed by atoms with Crippen molar-refractivity contribution < 1.29 is 19.1 Å². The Morgan fingerprint density at radius 1 is 1.17 bits per heavy atom. The van der Waals surface area contributed by atoms with Gasteiger partial charge in [-0.15, -0.1) is 11.8 Å². The Bertz CT molecular complexity index is 1110. The molecule has 2 aromatic carbocycles. The topological polar surface area (TPSA) is 91.0 Å². The van der Waals surface area contributed by atoms with Crippen LogP contribution in [0.1, 0.15) is 26.7 Å². The van der Waals surface area contributed by atoms with Crippen LogP contribution in [0.3, 0.4) is 0 Å². The summed E-state index contributed by atoms with van der Waals surface area (Å²) in [5, 5.41) is 5.55. The van der Waals surface area contributed by atoms with Crippen molar-refractivity contribution in [1.82, 2.24) is 10.2 Å². The average Bonchev–Trinajstić information content (AvgIpc) is 2.96. The number of urea groups is 1. The number of hydrogen-bond donors (Lipinski definition) is 2. The number of rotatable bonds is 5. The normalized spacial score (nSPS) is 19.4. The average molecular weight is 497 g/mol. The van der Waals surface area contributed by atoms with Gasteiger partial charge >= 0.3 is 6.03 Å². The van der Waals surface area contributed by atoms with Crippen molar-refractivity contribution in [2.75, 3.05) is 42.7 Å². The molecule has 35 heavy (non-hydrogen) atoms. The predicted molar refractivity (Wildman–Crippen MR) is 138 cm³/mol. The standard InChI is InChI=1S/C26H32N4O4S/c1-26(2)12-7-13-29(17-26)23(31)15-30-21-10-4-5-11-22(21)35-16-20(24(30)32)28-25(33)27-18-8-6-9-19(14-18)34-3/h4-6,8-11,14,20H,7,12-13,15-17H2,1-3H3,(H2,27,28,33)/t20-/m0/s1. The minimum absolute atomic E-state index is 0.0534. The molecule has 0 spiro atoms. The highest BCUT2D eigenvalue weighted by Crippen LogP contribution is 2.35. The van der Waals surface area contributed by atoms with E-state index in [1.165, 1.54) is 16.7 Å². The number of anilines is 2. The fraction of sp³-hybridized carbons (Fsp3) is 0.423. The van der Waals surface area contributed by atoms with Gasteiger partial charge in [0.15, 0.2) is 0 Å². The van der Waals surface area contributed by atoms with Gasteiger partial charge in [-0.2, -0.15) is 0 Å². The van der Waals surface area contributed by atoms with E-state index in [1.54, 1.807) is 31.4 Å². The molecule has 2 aliphatic heterocycles. The Kier molecular flexibility index (Phi) is 7.54. The molecule has 0 unspecified atom stereocenters. The summed E-state index contributed by atoms with van der Waals surface area (Å²) in [6.07, 6.45) is 2.03. The van der Waals surface area contributed by atoms with Gasteiger partial charge in [0.1, 0.15) is 18.3 Å². The number of piperidine rings is 1. The molecular weight excluding hydrogens is 464 g/mol. The quantitative estimate of drug-likeness (QED) is 0.654. The predicted octanol–water partition coefficient (Wildman–Crippen LogP) is 3.97. The lowest BCUT2D eigenvalue weighted by Gasteiger charge is -2.39. The van der Waals surface area contributed by atoms with Crippen LogP contribution < -0.4 is 20.3 Å². The van der Waals surface area contributed by atoms with Crippen molar-refractivity contribution in [3.63, 3.8) is 0 Å². The third kappa shape index (κ3) is 6.08. The molecule has 0 bridgehead atoms. The van der Waals surface area contributed by atoms with E-state index in [0.717, 1.165) is 17.7 Å². The second-order valence-corrected chi connectivity index (χ2v) is 10.7. The van der Waals surface area contributed by atoms with Crippen LogP contribution in [-0.4, -0.2) is 61.3 Å². The molecule has 0 saturated carbocycles. The maximum Gasteiger partial charge on any atom is 0.319 e. The highest BCUT2D eigenvalue weighted by atomic mass is 32.2. The van der Waals surface area contributed by atoms with Gasteiger partial charge in [0.2, 0.25) is 5.91 Å². The fourth-order valence-electron chi connectivity index (χ4n) is 4.52. The van der Waals surface area contributed by atoms with Gasteiger partial charge < -0.3 is 25.2 Å². The van der Waals surface area contributed by atoms with Gasteiger partial charge in [0, 0.05) is 35.5 Å². The summed E-state index contributed by atoms with van der Waals surface area (Å²) in [6.45, 7) is 5.65. The van der Waals surface area contributed by atoms with E-state index in [4.69, 9.17) is 4.74 Å². The number of carbonyl (C=O) groups is 3. The number of carbonyl (C=O) groups excluding carboxylic acids is 3. The summed E-state index contributed by atoms with van der Waals surface area (Å²) in [5.41, 5.74) is 1.32. The van der Waals surface area contributed by atoms with E-state index < -0.39 is 12.1 Å². The van der Waals surface area contributed by atoms with Crippen LogP contribution in [0.4, 0.5) is 16.2 Å². The van der Waals surface area contributed by atoms with Crippen molar-refractivity contribution in [3.8, 4) is 5.75 Å². The first kappa shape index (κ1) is 24.9. The number of fused-ring (bicyclic) bond motifs is 1. The number of nitrogens with one attached hydrogen (secondary N) is 2. The second-order valence-electron chi connectivity index (χ2n) is 9.67. The maximum atomic E-state index is 13.6. The molecule has 186 valence electrons. The van der Waals surface area contributed by atoms with Crippen LogP contribution in [0.25, 0.3) is 0 Å². The Morgan fingerprint density at radius 2 is 1.97 bits per heavy atom. The van der Waals surface area contributed by atoms with Gasteiger partial charge in [-0.1, -0.05) is 32.0 Å². The lowest BCUT2D eigenvalue weighted by atomic mass is 9.84. The number of hydrogen-bond acceptors (Lipinski definition) is 5. The highest BCUT2D eigenvalue weighted by Gasteiger charge is 2.35. The van der Waals surface area contributed by atoms with Gasteiger partial charge in [-0.05, 0) is 42.5 Å². The Hall–Kier alpha value is -3.20. The Balaban J connectivity index is 1.50. The van der Waals surface area contributed by atoms with E-state index in [2.05, 4.69) is 24.5 Å². The molecule has 1 fully saturated rings. The third-order valence-electron chi connectivity index (χ3n) is 6.31. The molecule has 2 aromatic rings. The van der Waals surface area contributed by atoms with E-state index in [-0.39, 0.29) is 23.8 Å². The van der Waals surface area contributed by atoms with Gasteiger partial charge in [-0.25, -0.2) is 4.79 Å². The Labute approximate surface area is 210 Å². The van der Waals surface area contributed by atoms with E-state index >= 15 is 0 Å². The number of para-hydroxylation sites is 1. The summed E-state index contributed by atoms with van der Waals surface area (Å²) < 4.78 is 5.20. The van der Waals surface area contributed by atoms with Gasteiger partial charge in [0.05, 0.1) is 12.8 Å². The molecule has 9 heteroatoms. The SMILES string of the molecule is COc1cccc(NC(=O)N[C@H]2CSc3ccccc3N(CC(=O)N3CCCC(C)(C)C3)C2=O)c1. The lowest BCUT2D eigenvalue weighted by molar-refractivity contribution is -0.134. The summed E-state index contributed by atoms with van der Waals surface area (Å²) >= 11 is 1.49. The fourth-order valence-corrected chi connectivity index (χ4v) is 5.59. The van der Waals surface area contributed by atoms with Crippen molar-refractivity contribution in [3.05, 3.63) is 48.5 Å². The summed E-state index contributed by atoms with van der Waals surface area (Å²) in [5.74, 6) is 0.605. The summed E-state index contributed by atoms with van der Waals surface area (Å²) in [7, 11) is 1.55. The van der Waals surface area contributed by atoms with Crippen LogP contribution in [-0.2, 0) is 9.59 Å². The third-order valence-corrected chi connectivity index (χ3v) is 7.46. The first-order chi connectivity index (χ1) is 16.8.